The molecular formula is C16H12ClNO2. The molecule has 100 valence electrons. The molecule has 0 amide bonds. The number of pyridine rings is 1. The molecule has 0 atom stereocenters. The maximum absolute atomic E-state index is 11.2. The first-order valence-corrected chi connectivity index (χ1v) is 6.59. The van der Waals surface area contributed by atoms with Gasteiger partial charge in [-0.3, -0.25) is 0 Å². The van der Waals surface area contributed by atoms with Gasteiger partial charge in [-0.2, -0.15) is 4.73 Å². The smallest absolute Gasteiger partial charge is 0.186 e. The van der Waals surface area contributed by atoms with Crippen LogP contribution in [0.2, 0.25) is 5.02 Å². The van der Waals surface area contributed by atoms with Gasteiger partial charge in [-0.1, -0.05) is 35.9 Å². The predicted molar refractivity (Wildman–Crippen MR) is 78.7 cm³/mol. The molecule has 3 aromatic rings. The number of rotatable bonds is 3. The molecule has 0 spiro atoms. The minimum Gasteiger partial charge on any atom is -0.619 e. The molecule has 0 unspecified atom stereocenters. The summed E-state index contributed by atoms with van der Waals surface area (Å²) in [7, 11) is 0. The van der Waals surface area contributed by atoms with Crippen LogP contribution in [-0.4, -0.2) is 0 Å². The summed E-state index contributed by atoms with van der Waals surface area (Å²) in [6.07, 6.45) is 2.94. The van der Waals surface area contributed by atoms with Crippen molar-refractivity contribution in [2.24, 2.45) is 0 Å². The van der Waals surface area contributed by atoms with Crippen molar-refractivity contribution in [2.75, 3.05) is 0 Å². The van der Waals surface area contributed by atoms with Crippen molar-refractivity contribution in [3.05, 3.63) is 76.7 Å². The molecule has 2 aromatic carbocycles. The summed E-state index contributed by atoms with van der Waals surface area (Å²) in [6, 6.07) is 15.0. The number of nitrogens with zero attached hydrogens (tertiary/aromatic N) is 1. The molecule has 0 aliphatic rings. The fraction of sp³-hybridized carbons (Fsp3) is 0.0625. The maximum Gasteiger partial charge on any atom is 0.186 e. The Morgan fingerprint density at radius 3 is 2.60 bits per heavy atom. The average Bonchev–Trinajstić information content (AvgIpc) is 2.47. The third-order valence-corrected chi connectivity index (χ3v) is 3.39. The van der Waals surface area contributed by atoms with E-state index in [0.29, 0.717) is 11.6 Å². The molecule has 0 radical (unpaired) electrons. The van der Waals surface area contributed by atoms with Gasteiger partial charge in [-0.15, -0.1) is 0 Å². The van der Waals surface area contributed by atoms with Crippen LogP contribution in [0.1, 0.15) is 5.56 Å². The molecule has 0 bridgehead atoms. The number of benzene rings is 2. The van der Waals surface area contributed by atoms with Gasteiger partial charge in [0, 0.05) is 21.9 Å². The van der Waals surface area contributed by atoms with Crippen LogP contribution >= 0.6 is 11.6 Å². The lowest BCUT2D eigenvalue weighted by Crippen LogP contribution is -2.25. The zero-order valence-electron chi connectivity index (χ0n) is 10.6. The Morgan fingerprint density at radius 1 is 1.00 bits per heavy atom. The fourth-order valence-electron chi connectivity index (χ4n) is 2.11. The molecule has 0 fully saturated rings. The number of aromatic nitrogens is 1. The van der Waals surface area contributed by atoms with Crippen LogP contribution in [0, 0.1) is 5.21 Å². The van der Waals surface area contributed by atoms with Gasteiger partial charge in [0.15, 0.2) is 12.4 Å². The second kappa shape index (κ2) is 5.39. The summed E-state index contributed by atoms with van der Waals surface area (Å²) >= 11 is 6.17. The van der Waals surface area contributed by atoms with Crippen molar-refractivity contribution in [1.82, 2.24) is 0 Å². The SMILES string of the molecule is [O-][n+]1cccc(COc2ccc(Cl)c3ccccc23)c1. The Hall–Kier alpha value is -2.26. The Morgan fingerprint density at radius 2 is 1.80 bits per heavy atom. The second-order valence-electron chi connectivity index (χ2n) is 4.45. The minimum absolute atomic E-state index is 0.342. The zero-order chi connectivity index (χ0) is 13.9. The van der Waals surface area contributed by atoms with E-state index in [2.05, 4.69) is 0 Å². The fourth-order valence-corrected chi connectivity index (χ4v) is 2.34. The summed E-state index contributed by atoms with van der Waals surface area (Å²) in [5.41, 5.74) is 0.821. The Bertz CT molecular complexity index is 758. The van der Waals surface area contributed by atoms with Gasteiger partial charge < -0.3 is 9.94 Å². The van der Waals surface area contributed by atoms with E-state index in [9.17, 15) is 5.21 Å². The van der Waals surface area contributed by atoms with E-state index in [-0.39, 0.29) is 0 Å². The number of hydrogen-bond donors (Lipinski definition) is 0. The van der Waals surface area contributed by atoms with Gasteiger partial charge in [0.1, 0.15) is 12.4 Å². The lowest BCUT2D eigenvalue weighted by Gasteiger charge is -2.10. The Kier molecular flexibility index (Phi) is 3.44. The number of ether oxygens (including phenoxy) is 1. The zero-order valence-corrected chi connectivity index (χ0v) is 11.4. The maximum atomic E-state index is 11.2. The van der Waals surface area contributed by atoms with Crippen molar-refractivity contribution < 1.29 is 9.47 Å². The van der Waals surface area contributed by atoms with Gasteiger partial charge in [-0.05, 0) is 18.2 Å². The summed E-state index contributed by atoms with van der Waals surface area (Å²) in [5.74, 6) is 0.756. The van der Waals surface area contributed by atoms with Crippen molar-refractivity contribution in [2.45, 2.75) is 6.61 Å². The lowest BCUT2D eigenvalue weighted by atomic mass is 10.1. The van der Waals surface area contributed by atoms with Crippen LogP contribution in [-0.2, 0) is 6.61 Å². The third kappa shape index (κ3) is 2.53. The highest BCUT2D eigenvalue weighted by atomic mass is 35.5. The molecule has 0 N–H and O–H groups in total. The lowest BCUT2D eigenvalue weighted by molar-refractivity contribution is -0.606. The largest absolute Gasteiger partial charge is 0.619 e. The summed E-state index contributed by atoms with van der Waals surface area (Å²) in [6.45, 7) is 0.342. The van der Waals surface area contributed by atoms with E-state index in [1.54, 1.807) is 6.07 Å². The third-order valence-electron chi connectivity index (χ3n) is 3.06. The summed E-state index contributed by atoms with van der Waals surface area (Å²) < 4.78 is 6.57. The predicted octanol–water partition coefficient (Wildman–Crippen LogP) is 3.71. The summed E-state index contributed by atoms with van der Waals surface area (Å²) in [4.78, 5) is 0. The minimum atomic E-state index is 0.342. The Labute approximate surface area is 121 Å². The second-order valence-corrected chi connectivity index (χ2v) is 4.86. The number of hydrogen-bond acceptors (Lipinski definition) is 2. The standard InChI is InChI=1S/C16H12ClNO2/c17-15-7-8-16(14-6-2-1-5-13(14)15)20-11-12-4-3-9-18(19)10-12/h1-10H,11H2. The molecule has 0 aliphatic heterocycles. The summed E-state index contributed by atoms with van der Waals surface area (Å²) in [5, 5.41) is 13.8. The molecule has 4 heteroatoms. The van der Waals surface area contributed by atoms with E-state index >= 15 is 0 Å². The number of halogens is 1. The van der Waals surface area contributed by atoms with Crippen LogP contribution in [0.4, 0.5) is 0 Å². The topological polar surface area (TPSA) is 36.2 Å². The number of fused-ring (bicyclic) bond motifs is 1. The molecular weight excluding hydrogens is 274 g/mol. The van der Waals surface area contributed by atoms with Gasteiger partial charge in [0.05, 0.1) is 5.56 Å². The highest BCUT2D eigenvalue weighted by Gasteiger charge is 2.06. The first-order chi connectivity index (χ1) is 9.74. The Balaban J connectivity index is 1.90. The molecule has 1 heterocycles. The van der Waals surface area contributed by atoms with E-state index in [0.717, 1.165) is 26.8 Å². The molecule has 3 nitrogen and oxygen atoms in total. The molecule has 0 saturated heterocycles. The normalized spacial score (nSPS) is 10.7. The highest BCUT2D eigenvalue weighted by molar-refractivity contribution is 6.35. The van der Waals surface area contributed by atoms with Gasteiger partial charge in [-0.25, -0.2) is 0 Å². The van der Waals surface area contributed by atoms with Crippen molar-refractivity contribution in [3.63, 3.8) is 0 Å². The van der Waals surface area contributed by atoms with Crippen LogP contribution in [0.3, 0.4) is 0 Å². The monoisotopic (exact) mass is 285 g/mol. The molecule has 0 saturated carbocycles. The van der Waals surface area contributed by atoms with Crippen molar-refractivity contribution in [3.8, 4) is 5.75 Å². The van der Waals surface area contributed by atoms with Crippen LogP contribution < -0.4 is 9.47 Å². The van der Waals surface area contributed by atoms with E-state index in [1.165, 1.54) is 12.4 Å². The molecule has 0 aliphatic carbocycles. The van der Waals surface area contributed by atoms with Gasteiger partial charge in [0.25, 0.3) is 0 Å². The van der Waals surface area contributed by atoms with E-state index < -0.39 is 0 Å². The van der Waals surface area contributed by atoms with Gasteiger partial charge in [0.2, 0.25) is 0 Å². The molecule has 20 heavy (non-hydrogen) atoms. The average molecular weight is 286 g/mol. The highest BCUT2D eigenvalue weighted by Crippen LogP contribution is 2.31. The van der Waals surface area contributed by atoms with Crippen LogP contribution in [0.5, 0.6) is 5.75 Å². The quantitative estimate of drug-likeness (QED) is 0.543. The van der Waals surface area contributed by atoms with Crippen LogP contribution in [0.25, 0.3) is 10.8 Å². The molecule has 1 aromatic heterocycles. The van der Waals surface area contributed by atoms with E-state index in [1.807, 2.05) is 42.5 Å². The van der Waals surface area contributed by atoms with E-state index in [4.69, 9.17) is 16.3 Å². The molecule has 3 rings (SSSR count). The van der Waals surface area contributed by atoms with Crippen LogP contribution in [0.15, 0.2) is 60.9 Å². The van der Waals surface area contributed by atoms with Gasteiger partial charge >= 0.3 is 0 Å². The van der Waals surface area contributed by atoms with Crippen molar-refractivity contribution >= 4 is 22.4 Å². The first-order valence-electron chi connectivity index (χ1n) is 6.22. The van der Waals surface area contributed by atoms with Crippen molar-refractivity contribution in [1.29, 1.82) is 0 Å². The first kappa shape index (κ1) is 12.8.